The summed E-state index contributed by atoms with van der Waals surface area (Å²) in [5.74, 6) is 0.893. The summed E-state index contributed by atoms with van der Waals surface area (Å²) in [6.07, 6.45) is 4.67. The molecule has 2 N–H and O–H groups in total. The number of rotatable bonds is 7. The summed E-state index contributed by atoms with van der Waals surface area (Å²) in [6.45, 7) is 9.80. The number of fused-ring (bicyclic) bond motifs is 4. The highest BCUT2D eigenvalue weighted by Gasteiger charge is 2.45. The zero-order valence-corrected chi connectivity index (χ0v) is 24.8. The standard InChI is InChI=1S/C33H40N6O4/c1-21-3-2-4-22-13-25(40)14-26(29(21)22)31(41)39-17-27-28(18-39)35-32(36-30(27)38-15-23-5-6-24(16-38)34-23)43-20-33(7-8-33)19-37-9-11-42-12-10-37/h2-4,13-14,23-24,34,40H,5-12,15-20H2,1H3. The lowest BCUT2D eigenvalue weighted by Gasteiger charge is -2.34. The van der Waals surface area contributed by atoms with Crippen molar-refractivity contribution in [2.45, 2.75) is 57.8 Å². The molecule has 2 atom stereocenters. The van der Waals surface area contributed by atoms with E-state index in [1.165, 1.54) is 12.8 Å². The van der Waals surface area contributed by atoms with E-state index in [1.807, 2.05) is 30.0 Å². The maximum Gasteiger partial charge on any atom is 0.318 e. The summed E-state index contributed by atoms with van der Waals surface area (Å²) in [7, 11) is 0. The van der Waals surface area contributed by atoms with Crippen LogP contribution >= 0.6 is 0 Å². The summed E-state index contributed by atoms with van der Waals surface area (Å²) in [5, 5.41) is 15.9. The van der Waals surface area contributed by atoms with Crippen LogP contribution in [0, 0.1) is 12.3 Å². The summed E-state index contributed by atoms with van der Waals surface area (Å²) in [4.78, 5) is 30.7. The van der Waals surface area contributed by atoms with Crippen molar-refractivity contribution >= 4 is 22.5 Å². The molecule has 10 heteroatoms. The van der Waals surface area contributed by atoms with E-state index >= 15 is 0 Å². The number of aromatic hydroxyl groups is 1. The molecule has 1 aliphatic carbocycles. The van der Waals surface area contributed by atoms with E-state index in [1.54, 1.807) is 12.1 Å². The number of carbonyl (C=O) groups is 1. The monoisotopic (exact) mass is 584 g/mol. The van der Waals surface area contributed by atoms with Crippen LogP contribution in [0.1, 0.15) is 52.9 Å². The highest BCUT2D eigenvalue weighted by molar-refractivity contribution is 6.09. The number of nitrogens with one attached hydrogen (secondary N) is 1. The Labute approximate surface area is 252 Å². The number of aromatic nitrogens is 2. The number of nitrogens with zero attached hydrogens (tertiary/aromatic N) is 5. The molecule has 0 radical (unpaired) electrons. The van der Waals surface area contributed by atoms with Gasteiger partial charge in [0.2, 0.25) is 0 Å². The molecule has 2 bridgehead atoms. The van der Waals surface area contributed by atoms with Gasteiger partial charge in [-0.3, -0.25) is 9.69 Å². The first-order valence-corrected chi connectivity index (χ1v) is 15.8. The van der Waals surface area contributed by atoms with Crippen LogP contribution in [-0.2, 0) is 17.8 Å². The number of aryl methyl sites for hydroxylation is 1. The number of morpholine rings is 1. The maximum absolute atomic E-state index is 14.1. The van der Waals surface area contributed by atoms with E-state index in [0.29, 0.717) is 43.4 Å². The number of phenols is 1. The largest absolute Gasteiger partial charge is 0.508 e. The van der Waals surface area contributed by atoms with Gasteiger partial charge in [-0.2, -0.15) is 9.97 Å². The Morgan fingerprint density at radius 1 is 1.12 bits per heavy atom. The van der Waals surface area contributed by atoms with Crippen molar-refractivity contribution in [2.24, 2.45) is 5.41 Å². The Hall–Kier alpha value is -3.47. The van der Waals surface area contributed by atoms with Gasteiger partial charge in [0.1, 0.15) is 11.6 Å². The summed E-state index contributed by atoms with van der Waals surface area (Å²) in [6, 6.07) is 10.5. The smallest absolute Gasteiger partial charge is 0.318 e. The maximum atomic E-state index is 14.1. The first kappa shape index (κ1) is 27.1. The molecule has 8 rings (SSSR count). The molecule has 0 spiro atoms. The highest BCUT2D eigenvalue weighted by atomic mass is 16.5. The molecular weight excluding hydrogens is 544 g/mol. The summed E-state index contributed by atoms with van der Waals surface area (Å²) in [5.41, 5.74) is 3.56. The van der Waals surface area contributed by atoms with Gasteiger partial charge in [-0.25, -0.2) is 0 Å². The molecule has 4 fully saturated rings. The molecule has 2 aromatic carbocycles. The van der Waals surface area contributed by atoms with Crippen molar-refractivity contribution in [1.29, 1.82) is 0 Å². The van der Waals surface area contributed by atoms with E-state index in [4.69, 9.17) is 19.4 Å². The Balaban J connectivity index is 1.08. The van der Waals surface area contributed by atoms with E-state index in [0.717, 1.165) is 92.2 Å². The third-order valence-corrected chi connectivity index (χ3v) is 10.1. The van der Waals surface area contributed by atoms with Gasteiger partial charge in [-0.15, -0.1) is 0 Å². The molecule has 3 saturated heterocycles. The molecule has 1 saturated carbocycles. The Kier molecular flexibility index (Phi) is 6.69. The third-order valence-electron chi connectivity index (χ3n) is 10.1. The van der Waals surface area contributed by atoms with E-state index in [2.05, 4.69) is 15.1 Å². The predicted molar refractivity (Wildman–Crippen MR) is 163 cm³/mol. The van der Waals surface area contributed by atoms with Crippen LogP contribution in [0.5, 0.6) is 11.8 Å². The molecule has 43 heavy (non-hydrogen) atoms. The summed E-state index contributed by atoms with van der Waals surface area (Å²) >= 11 is 0. The molecular formula is C33H40N6O4. The van der Waals surface area contributed by atoms with Gasteiger partial charge in [0, 0.05) is 55.8 Å². The SMILES string of the molecule is Cc1cccc2cc(O)cc(C(=O)N3Cc4nc(OCC5(CN6CCOCC6)CC5)nc(N5CC6CCC(C5)N6)c4C3)c12. The van der Waals surface area contributed by atoms with Gasteiger partial charge in [0.25, 0.3) is 5.91 Å². The number of amides is 1. The Bertz CT molecular complexity index is 1560. The lowest BCUT2D eigenvalue weighted by Crippen LogP contribution is -2.51. The van der Waals surface area contributed by atoms with Gasteiger partial charge in [0.15, 0.2) is 0 Å². The zero-order chi connectivity index (χ0) is 29.1. The second-order valence-electron chi connectivity index (χ2n) is 13.3. The predicted octanol–water partition coefficient (Wildman–Crippen LogP) is 3.23. The normalized spacial score (nSPS) is 24.4. The minimum Gasteiger partial charge on any atom is -0.508 e. The second-order valence-corrected chi connectivity index (χ2v) is 13.3. The molecule has 1 aromatic heterocycles. The second kappa shape index (κ2) is 10.6. The highest BCUT2D eigenvalue weighted by Crippen LogP contribution is 2.47. The van der Waals surface area contributed by atoms with Crippen LogP contribution in [0.2, 0.25) is 0 Å². The number of benzene rings is 2. The topological polar surface area (TPSA) is 103 Å². The van der Waals surface area contributed by atoms with Gasteiger partial charge in [0.05, 0.1) is 44.2 Å². The van der Waals surface area contributed by atoms with Crippen molar-refractivity contribution in [3.63, 3.8) is 0 Å². The van der Waals surface area contributed by atoms with Crippen molar-refractivity contribution in [3.05, 3.63) is 52.7 Å². The lowest BCUT2D eigenvalue weighted by molar-refractivity contribution is 0.0231. The number of piperazine rings is 1. The quantitative estimate of drug-likeness (QED) is 0.433. The molecule has 10 nitrogen and oxygen atoms in total. The number of carbonyl (C=O) groups excluding carboxylic acids is 1. The fourth-order valence-corrected chi connectivity index (χ4v) is 7.57. The first-order chi connectivity index (χ1) is 20.9. The molecule has 5 aliphatic rings. The number of ether oxygens (including phenoxy) is 2. The fourth-order valence-electron chi connectivity index (χ4n) is 7.57. The molecule has 226 valence electrons. The van der Waals surface area contributed by atoms with Crippen LogP contribution in [0.15, 0.2) is 30.3 Å². The van der Waals surface area contributed by atoms with Gasteiger partial charge in [-0.1, -0.05) is 18.2 Å². The van der Waals surface area contributed by atoms with Gasteiger partial charge < -0.3 is 29.7 Å². The molecule has 5 heterocycles. The minimum absolute atomic E-state index is 0.0942. The van der Waals surface area contributed by atoms with Crippen LogP contribution in [0.4, 0.5) is 5.82 Å². The van der Waals surface area contributed by atoms with E-state index < -0.39 is 0 Å². The van der Waals surface area contributed by atoms with Crippen molar-refractivity contribution in [3.8, 4) is 11.8 Å². The van der Waals surface area contributed by atoms with Crippen molar-refractivity contribution < 1.29 is 19.4 Å². The molecule has 4 aliphatic heterocycles. The lowest BCUT2D eigenvalue weighted by atomic mass is 9.98. The van der Waals surface area contributed by atoms with Crippen LogP contribution in [0.3, 0.4) is 0 Å². The Morgan fingerprint density at radius 2 is 1.91 bits per heavy atom. The third kappa shape index (κ3) is 5.19. The van der Waals surface area contributed by atoms with E-state index in [9.17, 15) is 9.90 Å². The summed E-state index contributed by atoms with van der Waals surface area (Å²) < 4.78 is 12.0. The number of hydrogen-bond donors (Lipinski definition) is 2. The van der Waals surface area contributed by atoms with Crippen molar-refractivity contribution in [2.75, 3.05) is 57.4 Å². The molecule has 2 unspecified atom stereocenters. The van der Waals surface area contributed by atoms with Crippen LogP contribution in [0.25, 0.3) is 10.8 Å². The first-order valence-electron chi connectivity index (χ1n) is 15.8. The number of hydrogen-bond acceptors (Lipinski definition) is 9. The van der Waals surface area contributed by atoms with Gasteiger partial charge in [-0.05, 0) is 61.1 Å². The minimum atomic E-state index is -0.107. The molecule has 3 aromatic rings. The zero-order valence-electron chi connectivity index (χ0n) is 24.8. The molecule has 1 amide bonds. The van der Waals surface area contributed by atoms with Crippen LogP contribution in [-0.4, -0.2) is 95.4 Å². The number of phenolic OH excluding ortho intramolecular Hbond substituents is 1. The van der Waals surface area contributed by atoms with Gasteiger partial charge >= 0.3 is 6.01 Å². The average molecular weight is 585 g/mol. The average Bonchev–Trinajstić information content (AvgIpc) is 3.49. The van der Waals surface area contributed by atoms with Crippen LogP contribution < -0.4 is 15.0 Å². The number of anilines is 1. The van der Waals surface area contributed by atoms with E-state index in [-0.39, 0.29) is 17.1 Å². The fraction of sp³-hybridized carbons (Fsp3) is 0.545. The Morgan fingerprint density at radius 3 is 2.67 bits per heavy atom. The van der Waals surface area contributed by atoms with Crippen molar-refractivity contribution in [1.82, 2.24) is 25.1 Å².